The molecule has 0 fully saturated rings. The number of carbonyl (C=O) groups is 1. The monoisotopic (exact) mass is 314 g/mol. The first-order valence-electron chi connectivity index (χ1n) is 7.70. The summed E-state index contributed by atoms with van der Waals surface area (Å²) in [6.45, 7) is 7.14. The summed E-state index contributed by atoms with van der Waals surface area (Å²) >= 11 is 0. The highest BCUT2D eigenvalue weighted by Gasteiger charge is 2.30. The van der Waals surface area contributed by atoms with Crippen LogP contribution < -0.4 is 5.73 Å². The van der Waals surface area contributed by atoms with Crippen LogP contribution >= 0.6 is 0 Å². The van der Waals surface area contributed by atoms with Gasteiger partial charge >= 0.3 is 6.09 Å². The minimum absolute atomic E-state index is 0.297. The fraction of sp³-hybridized carbons (Fsp3) is 0.412. The molecule has 122 valence electrons. The molecule has 0 bridgehead atoms. The van der Waals surface area contributed by atoms with Gasteiger partial charge in [0.1, 0.15) is 5.60 Å². The second-order valence-electron chi connectivity index (χ2n) is 6.75. The first-order valence-corrected chi connectivity index (χ1v) is 7.70. The molecule has 6 nitrogen and oxygen atoms in total. The molecule has 1 aromatic carbocycles. The normalized spacial score (nSPS) is 14.0. The van der Waals surface area contributed by atoms with Gasteiger partial charge in [-0.05, 0) is 38.5 Å². The van der Waals surface area contributed by atoms with Crippen LogP contribution in [0.15, 0.2) is 30.5 Å². The summed E-state index contributed by atoms with van der Waals surface area (Å²) < 4.78 is 7.25. The Labute approximate surface area is 135 Å². The number of hydrogen-bond donors (Lipinski definition) is 1. The summed E-state index contributed by atoms with van der Waals surface area (Å²) in [5.41, 5.74) is 9.17. The average Bonchev–Trinajstić information content (AvgIpc) is 3.04. The Hall–Kier alpha value is -2.34. The van der Waals surface area contributed by atoms with Gasteiger partial charge in [-0.2, -0.15) is 5.10 Å². The van der Waals surface area contributed by atoms with Crippen molar-refractivity contribution in [2.45, 2.75) is 46.0 Å². The zero-order chi connectivity index (χ0) is 16.6. The largest absolute Gasteiger partial charge is 0.444 e. The van der Waals surface area contributed by atoms with E-state index in [1.165, 1.54) is 0 Å². The smallest absolute Gasteiger partial charge is 0.410 e. The lowest BCUT2D eigenvalue weighted by Crippen LogP contribution is -2.33. The molecule has 2 N–H and O–H groups in total. The summed E-state index contributed by atoms with van der Waals surface area (Å²) in [6.07, 6.45) is 1.67. The lowest BCUT2D eigenvalue weighted by Gasteiger charge is -2.24. The zero-order valence-corrected chi connectivity index (χ0v) is 13.7. The third-order valence-corrected chi connectivity index (χ3v) is 3.67. The molecule has 3 rings (SSSR count). The summed E-state index contributed by atoms with van der Waals surface area (Å²) in [5.74, 6) is 0. The number of benzene rings is 1. The lowest BCUT2D eigenvalue weighted by atomic mass is 10.2. The number of aromatic nitrogens is 2. The van der Waals surface area contributed by atoms with Crippen LogP contribution in [-0.4, -0.2) is 26.4 Å². The Morgan fingerprint density at radius 1 is 1.26 bits per heavy atom. The Kier molecular flexibility index (Phi) is 3.85. The predicted octanol–water partition coefficient (Wildman–Crippen LogP) is 2.58. The Balaban J connectivity index is 1.71. The highest BCUT2D eigenvalue weighted by Crippen LogP contribution is 2.24. The van der Waals surface area contributed by atoms with Crippen molar-refractivity contribution < 1.29 is 9.53 Å². The van der Waals surface area contributed by atoms with E-state index in [9.17, 15) is 4.79 Å². The number of carbonyl (C=O) groups excluding carboxylic acids is 1. The Morgan fingerprint density at radius 3 is 2.52 bits per heavy atom. The van der Waals surface area contributed by atoms with E-state index >= 15 is 0 Å². The van der Waals surface area contributed by atoms with Gasteiger partial charge in [0.05, 0.1) is 24.5 Å². The van der Waals surface area contributed by atoms with E-state index in [0.717, 1.165) is 22.5 Å². The second kappa shape index (κ2) is 5.70. The van der Waals surface area contributed by atoms with Crippen molar-refractivity contribution in [3.8, 4) is 5.69 Å². The summed E-state index contributed by atoms with van der Waals surface area (Å²) in [4.78, 5) is 13.8. The zero-order valence-electron chi connectivity index (χ0n) is 13.7. The molecule has 0 radical (unpaired) electrons. The summed E-state index contributed by atoms with van der Waals surface area (Å²) in [5, 5.41) is 4.58. The van der Waals surface area contributed by atoms with E-state index in [1.807, 2.05) is 55.9 Å². The molecule has 1 aliphatic heterocycles. The summed E-state index contributed by atoms with van der Waals surface area (Å²) in [6, 6.07) is 7.98. The van der Waals surface area contributed by atoms with Crippen molar-refractivity contribution in [3.05, 3.63) is 47.3 Å². The molecule has 23 heavy (non-hydrogen) atoms. The average molecular weight is 314 g/mol. The number of fused-ring (bicyclic) bond motifs is 1. The highest BCUT2D eigenvalue weighted by atomic mass is 16.6. The maximum Gasteiger partial charge on any atom is 0.410 e. The minimum Gasteiger partial charge on any atom is -0.444 e. The van der Waals surface area contributed by atoms with Crippen molar-refractivity contribution in [2.24, 2.45) is 5.73 Å². The minimum atomic E-state index is -0.484. The maximum atomic E-state index is 12.1. The predicted molar refractivity (Wildman–Crippen MR) is 86.9 cm³/mol. The van der Waals surface area contributed by atoms with Crippen molar-refractivity contribution in [1.29, 1.82) is 0 Å². The van der Waals surface area contributed by atoms with Gasteiger partial charge in [-0.3, -0.25) is 4.90 Å². The molecular weight excluding hydrogens is 292 g/mol. The van der Waals surface area contributed by atoms with Gasteiger partial charge in [0, 0.05) is 18.3 Å². The van der Waals surface area contributed by atoms with Crippen LogP contribution in [0.25, 0.3) is 5.69 Å². The highest BCUT2D eigenvalue weighted by molar-refractivity contribution is 5.69. The Bertz CT molecular complexity index is 690. The SMILES string of the molecule is CC(C)(C)OC(=O)N1Cc2cn(-c3ccc(CN)cc3)nc2C1. The number of rotatable bonds is 2. The molecule has 0 spiro atoms. The van der Waals surface area contributed by atoms with Crippen molar-refractivity contribution >= 4 is 6.09 Å². The molecular formula is C17H22N4O2. The van der Waals surface area contributed by atoms with Crippen LogP contribution in [0.3, 0.4) is 0 Å². The van der Waals surface area contributed by atoms with Gasteiger partial charge in [0.25, 0.3) is 0 Å². The number of ether oxygens (including phenoxy) is 1. The topological polar surface area (TPSA) is 73.4 Å². The van der Waals surface area contributed by atoms with Crippen molar-refractivity contribution in [3.63, 3.8) is 0 Å². The molecule has 1 aliphatic rings. The molecule has 1 amide bonds. The standard InChI is InChI=1S/C17H22N4O2/c1-17(2,3)23-16(22)20-9-13-10-21(19-15(13)11-20)14-6-4-12(8-18)5-7-14/h4-7,10H,8-9,11,18H2,1-3H3. The number of amides is 1. The third-order valence-electron chi connectivity index (χ3n) is 3.67. The fourth-order valence-electron chi connectivity index (χ4n) is 2.53. The van der Waals surface area contributed by atoms with E-state index in [0.29, 0.717) is 19.6 Å². The van der Waals surface area contributed by atoms with Gasteiger partial charge in [0.2, 0.25) is 0 Å². The van der Waals surface area contributed by atoms with E-state index in [-0.39, 0.29) is 6.09 Å². The molecule has 0 unspecified atom stereocenters. The van der Waals surface area contributed by atoms with Crippen LogP contribution in [-0.2, 0) is 24.4 Å². The molecule has 2 aromatic rings. The van der Waals surface area contributed by atoms with Crippen LogP contribution in [0.2, 0.25) is 0 Å². The van der Waals surface area contributed by atoms with E-state index in [1.54, 1.807) is 4.90 Å². The first kappa shape index (κ1) is 15.6. The van der Waals surface area contributed by atoms with Gasteiger partial charge in [-0.25, -0.2) is 9.48 Å². The Morgan fingerprint density at radius 2 is 1.96 bits per heavy atom. The van der Waals surface area contributed by atoms with E-state index in [4.69, 9.17) is 10.5 Å². The molecule has 0 saturated carbocycles. The second-order valence-corrected chi connectivity index (χ2v) is 6.75. The number of nitrogens with zero attached hydrogens (tertiary/aromatic N) is 3. The summed E-state index contributed by atoms with van der Waals surface area (Å²) in [7, 11) is 0. The van der Waals surface area contributed by atoms with Gasteiger partial charge < -0.3 is 10.5 Å². The molecule has 0 aliphatic carbocycles. The quantitative estimate of drug-likeness (QED) is 0.924. The number of hydrogen-bond acceptors (Lipinski definition) is 4. The third kappa shape index (κ3) is 3.37. The van der Waals surface area contributed by atoms with Crippen LogP contribution in [0, 0.1) is 0 Å². The first-order chi connectivity index (χ1) is 10.9. The molecule has 2 heterocycles. The van der Waals surface area contributed by atoms with Crippen molar-refractivity contribution in [1.82, 2.24) is 14.7 Å². The molecule has 1 aromatic heterocycles. The van der Waals surface area contributed by atoms with Crippen LogP contribution in [0.5, 0.6) is 0 Å². The van der Waals surface area contributed by atoms with Crippen molar-refractivity contribution in [2.75, 3.05) is 0 Å². The van der Waals surface area contributed by atoms with Crippen LogP contribution in [0.1, 0.15) is 37.6 Å². The molecule has 0 saturated heterocycles. The fourth-order valence-corrected chi connectivity index (χ4v) is 2.53. The van der Waals surface area contributed by atoms with Crippen LogP contribution in [0.4, 0.5) is 4.79 Å². The van der Waals surface area contributed by atoms with E-state index in [2.05, 4.69) is 5.10 Å². The lowest BCUT2D eigenvalue weighted by molar-refractivity contribution is 0.0239. The maximum absolute atomic E-state index is 12.1. The van der Waals surface area contributed by atoms with Gasteiger partial charge in [-0.15, -0.1) is 0 Å². The van der Waals surface area contributed by atoms with Gasteiger partial charge in [0.15, 0.2) is 0 Å². The molecule has 6 heteroatoms. The number of nitrogens with two attached hydrogens (primary N) is 1. The molecule has 0 atom stereocenters. The van der Waals surface area contributed by atoms with Gasteiger partial charge in [-0.1, -0.05) is 12.1 Å². The van der Waals surface area contributed by atoms with E-state index < -0.39 is 5.60 Å².